The van der Waals surface area contributed by atoms with Gasteiger partial charge in [-0.15, -0.1) is 0 Å². The van der Waals surface area contributed by atoms with Gasteiger partial charge in [-0.25, -0.2) is 0 Å². The van der Waals surface area contributed by atoms with Crippen molar-refractivity contribution in [2.75, 3.05) is 6.54 Å². The Balaban J connectivity index is 1.40. The summed E-state index contributed by atoms with van der Waals surface area (Å²) in [4.78, 5) is 0. The maximum atomic E-state index is 6.49. The molecule has 0 aromatic carbocycles. The first kappa shape index (κ1) is 11.7. The van der Waals surface area contributed by atoms with Gasteiger partial charge in [-0.1, -0.05) is 12.8 Å². The second-order valence-corrected chi connectivity index (χ2v) is 7.74. The van der Waals surface area contributed by atoms with Crippen LogP contribution in [0.15, 0.2) is 0 Å². The average molecular weight is 249 g/mol. The van der Waals surface area contributed by atoms with E-state index < -0.39 is 0 Å². The smallest absolute Gasteiger partial charge is 0.0687 e. The van der Waals surface area contributed by atoms with Crippen LogP contribution in [0.4, 0.5) is 0 Å². The molecule has 2 heteroatoms. The van der Waals surface area contributed by atoms with Gasteiger partial charge in [0.25, 0.3) is 0 Å². The summed E-state index contributed by atoms with van der Waals surface area (Å²) < 4.78 is 6.49. The maximum Gasteiger partial charge on any atom is 0.0687 e. The van der Waals surface area contributed by atoms with Gasteiger partial charge in [0.15, 0.2) is 0 Å². The van der Waals surface area contributed by atoms with Crippen molar-refractivity contribution in [3.63, 3.8) is 0 Å². The van der Waals surface area contributed by atoms with Crippen LogP contribution in [-0.4, -0.2) is 18.2 Å². The molecule has 1 aliphatic heterocycles. The van der Waals surface area contributed by atoms with E-state index in [9.17, 15) is 0 Å². The molecule has 1 spiro atoms. The van der Waals surface area contributed by atoms with E-state index in [1.807, 2.05) is 0 Å². The Morgan fingerprint density at radius 1 is 1.06 bits per heavy atom. The van der Waals surface area contributed by atoms with Gasteiger partial charge in [0, 0.05) is 0 Å². The number of rotatable bonds is 3. The third-order valence-electron chi connectivity index (χ3n) is 6.41. The Morgan fingerprint density at radius 3 is 2.44 bits per heavy atom. The van der Waals surface area contributed by atoms with Crippen LogP contribution in [0, 0.1) is 17.3 Å². The van der Waals surface area contributed by atoms with Crippen LogP contribution in [0.2, 0.25) is 0 Å². The van der Waals surface area contributed by atoms with E-state index in [1.54, 1.807) is 0 Å². The molecule has 4 fully saturated rings. The third-order valence-corrected chi connectivity index (χ3v) is 6.41. The van der Waals surface area contributed by atoms with Crippen LogP contribution in [0.1, 0.15) is 64.2 Å². The number of fused-ring (bicyclic) bond motifs is 1. The van der Waals surface area contributed by atoms with Gasteiger partial charge >= 0.3 is 0 Å². The zero-order valence-corrected chi connectivity index (χ0v) is 11.5. The lowest BCUT2D eigenvalue weighted by Crippen LogP contribution is -2.34. The number of hydrogen-bond acceptors (Lipinski definition) is 2. The van der Waals surface area contributed by atoms with Crippen molar-refractivity contribution in [1.82, 2.24) is 0 Å². The molecule has 2 N–H and O–H groups in total. The Labute approximate surface area is 111 Å². The summed E-state index contributed by atoms with van der Waals surface area (Å²) in [5, 5.41) is 0. The molecule has 3 unspecified atom stereocenters. The number of ether oxygens (including phenoxy) is 1. The summed E-state index contributed by atoms with van der Waals surface area (Å²) in [6.07, 6.45) is 14.1. The SMILES string of the molecule is NCC1(CC2CCC3(CCCC3)O2)CC2CC2C1. The molecule has 0 aromatic rings. The summed E-state index contributed by atoms with van der Waals surface area (Å²) in [6, 6.07) is 0. The van der Waals surface area contributed by atoms with Gasteiger partial charge < -0.3 is 10.5 Å². The first-order valence-electron chi connectivity index (χ1n) is 8.11. The lowest BCUT2D eigenvalue weighted by atomic mass is 9.77. The lowest BCUT2D eigenvalue weighted by Gasteiger charge is -2.33. The van der Waals surface area contributed by atoms with Crippen LogP contribution in [0.5, 0.6) is 0 Å². The molecule has 1 heterocycles. The fourth-order valence-corrected chi connectivity index (χ4v) is 5.33. The van der Waals surface area contributed by atoms with Gasteiger partial charge in [-0.3, -0.25) is 0 Å². The molecule has 4 aliphatic rings. The summed E-state index contributed by atoms with van der Waals surface area (Å²) in [5.41, 5.74) is 6.89. The van der Waals surface area contributed by atoms with Crippen LogP contribution in [-0.2, 0) is 4.74 Å². The fourth-order valence-electron chi connectivity index (χ4n) is 5.33. The van der Waals surface area contributed by atoms with Crippen LogP contribution >= 0.6 is 0 Å². The van der Waals surface area contributed by atoms with Gasteiger partial charge in [0.2, 0.25) is 0 Å². The van der Waals surface area contributed by atoms with E-state index in [4.69, 9.17) is 10.5 Å². The van der Waals surface area contributed by atoms with Crippen molar-refractivity contribution < 1.29 is 4.74 Å². The van der Waals surface area contributed by atoms with E-state index in [2.05, 4.69) is 0 Å². The van der Waals surface area contributed by atoms with Crippen molar-refractivity contribution in [1.29, 1.82) is 0 Å². The largest absolute Gasteiger partial charge is 0.372 e. The highest BCUT2D eigenvalue weighted by Crippen LogP contribution is 2.61. The van der Waals surface area contributed by atoms with Gasteiger partial charge in [0.1, 0.15) is 0 Å². The zero-order valence-electron chi connectivity index (χ0n) is 11.5. The van der Waals surface area contributed by atoms with E-state index >= 15 is 0 Å². The molecule has 0 radical (unpaired) electrons. The third kappa shape index (κ3) is 1.84. The van der Waals surface area contributed by atoms with Crippen molar-refractivity contribution in [2.24, 2.45) is 23.0 Å². The summed E-state index contributed by atoms with van der Waals surface area (Å²) in [6.45, 7) is 0.896. The standard InChI is InChI=1S/C16H27NO/c17-11-15(8-12-7-13(12)9-15)10-14-3-6-16(18-14)4-1-2-5-16/h12-14H,1-11,17H2. The Morgan fingerprint density at radius 2 is 1.78 bits per heavy atom. The minimum atomic E-state index is 0.308. The fraction of sp³-hybridized carbons (Fsp3) is 1.00. The number of nitrogens with two attached hydrogens (primary N) is 1. The molecule has 3 aliphatic carbocycles. The molecular formula is C16H27NO. The molecule has 1 saturated heterocycles. The minimum Gasteiger partial charge on any atom is -0.372 e. The average Bonchev–Trinajstić information content (AvgIpc) is 2.79. The molecule has 3 atom stereocenters. The molecule has 102 valence electrons. The second-order valence-electron chi connectivity index (χ2n) is 7.74. The highest BCUT2D eigenvalue weighted by atomic mass is 16.5. The Hall–Kier alpha value is -0.0800. The first-order valence-corrected chi connectivity index (χ1v) is 8.11. The normalized spacial score (nSPS) is 48.8. The van der Waals surface area contributed by atoms with Gasteiger partial charge in [-0.2, -0.15) is 0 Å². The van der Waals surface area contributed by atoms with Crippen LogP contribution in [0.3, 0.4) is 0 Å². The van der Waals surface area contributed by atoms with Crippen molar-refractivity contribution in [3.05, 3.63) is 0 Å². The molecule has 0 aromatic heterocycles. The summed E-state index contributed by atoms with van der Waals surface area (Å²) >= 11 is 0. The molecule has 0 bridgehead atoms. The predicted octanol–water partition coefficient (Wildman–Crippen LogP) is 3.24. The summed E-state index contributed by atoms with van der Waals surface area (Å²) in [7, 11) is 0. The van der Waals surface area contributed by atoms with E-state index in [0.29, 0.717) is 17.1 Å². The van der Waals surface area contributed by atoms with Crippen molar-refractivity contribution in [3.8, 4) is 0 Å². The second kappa shape index (κ2) is 3.96. The highest BCUT2D eigenvalue weighted by molar-refractivity contribution is 5.05. The molecule has 0 amide bonds. The topological polar surface area (TPSA) is 35.2 Å². The molecule has 3 saturated carbocycles. The predicted molar refractivity (Wildman–Crippen MR) is 72.2 cm³/mol. The maximum absolute atomic E-state index is 6.49. The summed E-state index contributed by atoms with van der Waals surface area (Å²) in [5.74, 6) is 2.07. The number of hydrogen-bond donors (Lipinski definition) is 1. The monoisotopic (exact) mass is 249 g/mol. The quantitative estimate of drug-likeness (QED) is 0.833. The van der Waals surface area contributed by atoms with Crippen molar-refractivity contribution >= 4 is 0 Å². The van der Waals surface area contributed by atoms with Gasteiger partial charge in [-0.05, 0) is 75.2 Å². The minimum absolute atomic E-state index is 0.308. The zero-order chi connectivity index (χ0) is 12.2. The van der Waals surface area contributed by atoms with E-state index in [-0.39, 0.29) is 0 Å². The van der Waals surface area contributed by atoms with Crippen LogP contribution < -0.4 is 5.73 Å². The van der Waals surface area contributed by atoms with Gasteiger partial charge in [0.05, 0.1) is 11.7 Å². The van der Waals surface area contributed by atoms with Crippen LogP contribution in [0.25, 0.3) is 0 Å². The Bertz CT molecular complexity index is 324. The van der Waals surface area contributed by atoms with E-state index in [1.165, 1.54) is 64.2 Å². The Kier molecular flexibility index (Phi) is 2.58. The molecular weight excluding hydrogens is 222 g/mol. The highest BCUT2D eigenvalue weighted by Gasteiger charge is 2.54. The van der Waals surface area contributed by atoms with Crippen molar-refractivity contribution in [2.45, 2.75) is 75.9 Å². The van der Waals surface area contributed by atoms with E-state index in [0.717, 1.165) is 18.4 Å². The first-order chi connectivity index (χ1) is 8.73. The lowest BCUT2D eigenvalue weighted by molar-refractivity contribution is -0.0534. The molecule has 2 nitrogen and oxygen atoms in total. The molecule has 18 heavy (non-hydrogen) atoms. The molecule has 4 rings (SSSR count).